The van der Waals surface area contributed by atoms with Gasteiger partial charge in [0.25, 0.3) is 0 Å². The summed E-state index contributed by atoms with van der Waals surface area (Å²) in [5, 5.41) is 39.5. The third-order valence-corrected chi connectivity index (χ3v) is 7.43. The number of hydrogen-bond acceptors (Lipinski definition) is 9. The molecule has 1 heterocycles. The minimum atomic E-state index is -1.53. The summed E-state index contributed by atoms with van der Waals surface area (Å²) >= 11 is 0. The van der Waals surface area contributed by atoms with Crippen molar-refractivity contribution >= 4 is 5.97 Å². The molecule has 0 aromatic heterocycles. The molecule has 0 radical (unpaired) electrons. The number of carbonyl (C=O) groups excluding carboxylic acids is 1. The second-order valence-electron chi connectivity index (χ2n) is 11.3. The van der Waals surface area contributed by atoms with Crippen LogP contribution in [0.25, 0.3) is 0 Å². The Hall–Kier alpha value is -1.07. The number of rotatable bonds is 26. The van der Waals surface area contributed by atoms with Crippen molar-refractivity contribution in [2.24, 2.45) is 0 Å². The Balaban J connectivity index is 2.25. The van der Waals surface area contributed by atoms with Gasteiger partial charge in [-0.2, -0.15) is 0 Å². The normalized spacial score (nSPS) is 23.7. The molecule has 0 saturated carbocycles. The standard InChI is InChI=1S/C32H60O9/c1-3-5-7-8-9-10-11-12-13-14-15-16-17-18-20-22-38-24-26(40-28(34)21-19-6-4-2)25-39-32-31(37)30(36)29(35)27(23-33)41-32/h11-12,26-27,29-33,35-37H,3-10,13-25H2,1-2H3/b12-11-. The van der Waals surface area contributed by atoms with Crippen molar-refractivity contribution in [2.45, 2.75) is 160 Å². The van der Waals surface area contributed by atoms with Crippen LogP contribution in [0.5, 0.6) is 0 Å². The first kappa shape index (κ1) is 38.0. The van der Waals surface area contributed by atoms with Crippen LogP contribution in [0.1, 0.15) is 123 Å². The average molecular weight is 589 g/mol. The molecular formula is C32H60O9. The number of ether oxygens (including phenoxy) is 4. The Kier molecular flexibility index (Phi) is 23.5. The molecule has 1 saturated heterocycles. The first-order valence-corrected chi connectivity index (χ1v) is 16.3. The molecule has 4 N–H and O–H groups in total. The fourth-order valence-electron chi connectivity index (χ4n) is 4.78. The second kappa shape index (κ2) is 25.4. The van der Waals surface area contributed by atoms with E-state index in [0.29, 0.717) is 13.0 Å². The van der Waals surface area contributed by atoms with Crippen molar-refractivity contribution in [3.8, 4) is 0 Å². The maximum absolute atomic E-state index is 12.3. The summed E-state index contributed by atoms with van der Waals surface area (Å²) in [4.78, 5) is 12.3. The topological polar surface area (TPSA) is 135 Å². The van der Waals surface area contributed by atoms with Crippen LogP contribution in [0.2, 0.25) is 0 Å². The van der Waals surface area contributed by atoms with Gasteiger partial charge in [-0.25, -0.2) is 0 Å². The highest BCUT2D eigenvalue weighted by Crippen LogP contribution is 2.22. The number of carbonyl (C=O) groups is 1. The third-order valence-electron chi connectivity index (χ3n) is 7.43. The van der Waals surface area contributed by atoms with Gasteiger partial charge in [-0.1, -0.05) is 90.2 Å². The zero-order valence-electron chi connectivity index (χ0n) is 25.8. The van der Waals surface area contributed by atoms with Gasteiger partial charge in [0.2, 0.25) is 0 Å². The van der Waals surface area contributed by atoms with E-state index in [9.17, 15) is 25.2 Å². The van der Waals surface area contributed by atoms with Crippen molar-refractivity contribution in [3.05, 3.63) is 12.2 Å². The monoisotopic (exact) mass is 588 g/mol. The van der Waals surface area contributed by atoms with Crippen LogP contribution in [0.3, 0.4) is 0 Å². The van der Waals surface area contributed by atoms with E-state index in [1.807, 2.05) is 0 Å². The zero-order chi connectivity index (χ0) is 30.1. The predicted molar refractivity (Wildman–Crippen MR) is 159 cm³/mol. The van der Waals surface area contributed by atoms with Gasteiger partial charge in [0.1, 0.15) is 30.5 Å². The highest BCUT2D eigenvalue weighted by molar-refractivity contribution is 5.69. The largest absolute Gasteiger partial charge is 0.457 e. The van der Waals surface area contributed by atoms with Gasteiger partial charge in [0.05, 0.1) is 19.8 Å². The number of hydrogen-bond donors (Lipinski definition) is 4. The molecule has 6 unspecified atom stereocenters. The van der Waals surface area contributed by atoms with Gasteiger partial charge in [-0.05, 0) is 38.5 Å². The van der Waals surface area contributed by atoms with Crippen LogP contribution in [0, 0.1) is 0 Å². The average Bonchev–Trinajstić information content (AvgIpc) is 2.97. The highest BCUT2D eigenvalue weighted by atomic mass is 16.7. The summed E-state index contributed by atoms with van der Waals surface area (Å²) in [5.74, 6) is -0.341. The molecule has 0 aromatic carbocycles. The molecule has 9 nitrogen and oxygen atoms in total. The quantitative estimate of drug-likeness (QED) is 0.0628. The Morgan fingerprint density at radius 3 is 1.98 bits per heavy atom. The molecule has 6 atom stereocenters. The van der Waals surface area contributed by atoms with Gasteiger partial charge in [-0.15, -0.1) is 0 Å². The summed E-state index contributed by atoms with van der Waals surface area (Å²) < 4.78 is 22.3. The number of aliphatic hydroxyl groups excluding tert-OH is 4. The van der Waals surface area contributed by atoms with Gasteiger partial charge in [-0.3, -0.25) is 4.79 Å². The third kappa shape index (κ3) is 18.3. The molecule has 0 aliphatic carbocycles. The molecule has 41 heavy (non-hydrogen) atoms. The summed E-state index contributed by atoms with van der Waals surface area (Å²) in [6, 6.07) is 0. The Bertz CT molecular complexity index is 643. The van der Waals surface area contributed by atoms with Gasteiger partial charge >= 0.3 is 5.97 Å². The number of aliphatic hydroxyl groups is 4. The zero-order valence-corrected chi connectivity index (χ0v) is 25.8. The Morgan fingerprint density at radius 1 is 0.756 bits per heavy atom. The van der Waals surface area contributed by atoms with E-state index in [1.165, 1.54) is 70.6 Å². The van der Waals surface area contributed by atoms with Crippen molar-refractivity contribution < 1.29 is 44.2 Å². The van der Waals surface area contributed by atoms with Crippen LogP contribution >= 0.6 is 0 Å². The summed E-state index contributed by atoms with van der Waals surface area (Å²) in [7, 11) is 0. The summed E-state index contributed by atoms with van der Waals surface area (Å²) in [6.07, 6.45) is 16.0. The molecule has 1 rings (SSSR count). The van der Waals surface area contributed by atoms with Crippen LogP contribution in [0.15, 0.2) is 12.2 Å². The Morgan fingerprint density at radius 2 is 1.34 bits per heavy atom. The van der Waals surface area contributed by atoms with Crippen LogP contribution in [-0.2, 0) is 23.7 Å². The Labute approximate surface area is 248 Å². The SMILES string of the molecule is CCCCCCC/C=C\CCCCCCCCOCC(COC1OC(CO)C(O)C(O)C1O)OC(=O)CCCCC. The molecule has 9 heteroatoms. The van der Waals surface area contributed by atoms with E-state index < -0.39 is 43.4 Å². The highest BCUT2D eigenvalue weighted by Gasteiger charge is 2.44. The summed E-state index contributed by atoms with van der Waals surface area (Å²) in [5.41, 5.74) is 0. The fourth-order valence-corrected chi connectivity index (χ4v) is 4.78. The van der Waals surface area contributed by atoms with E-state index in [4.69, 9.17) is 18.9 Å². The first-order valence-electron chi connectivity index (χ1n) is 16.3. The van der Waals surface area contributed by atoms with E-state index in [0.717, 1.165) is 32.1 Å². The number of allylic oxidation sites excluding steroid dienone is 2. The second-order valence-corrected chi connectivity index (χ2v) is 11.3. The fraction of sp³-hybridized carbons (Fsp3) is 0.906. The van der Waals surface area contributed by atoms with Gasteiger partial charge in [0.15, 0.2) is 6.29 Å². The predicted octanol–water partition coefficient (Wildman–Crippen LogP) is 4.96. The lowest BCUT2D eigenvalue weighted by atomic mass is 9.99. The maximum Gasteiger partial charge on any atom is 0.306 e. The number of esters is 1. The van der Waals surface area contributed by atoms with E-state index in [-0.39, 0.29) is 19.2 Å². The van der Waals surface area contributed by atoms with E-state index in [2.05, 4.69) is 26.0 Å². The van der Waals surface area contributed by atoms with E-state index >= 15 is 0 Å². The molecule has 1 aliphatic heterocycles. The maximum atomic E-state index is 12.3. The van der Waals surface area contributed by atoms with E-state index in [1.54, 1.807) is 0 Å². The minimum absolute atomic E-state index is 0.116. The lowest BCUT2D eigenvalue weighted by molar-refractivity contribution is -0.305. The lowest BCUT2D eigenvalue weighted by Crippen LogP contribution is -2.59. The molecule has 1 aliphatic rings. The lowest BCUT2D eigenvalue weighted by Gasteiger charge is -2.39. The molecule has 1 fully saturated rings. The van der Waals surface area contributed by atoms with Gasteiger partial charge < -0.3 is 39.4 Å². The molecule has 242 valence electrons. The molecule has 0 aromatic rings. The molecule has 0 bridgehead atoms. The van der Waals surface area contributed by atoms with Gasteiger partial charge in [0, 0.05) is 13.0 Å². The van der Waals surface area contributed by atoms with Crippen molar-refractivity contribution in [3.63, 3.8) is 0 Å². The van der Waals surface area contributed by atoms with Crippen LogP contribution < -0.4 is 0 Å². The van der Waals surface area contributed by atoms with Crippen molar-refractivity contribution in [1.29, 1.82) is 0 Å². The molecular weight excluding hydrogens is 528 g/mol. The molecule has 0 amide bonds. The van der Waals surface area contributed by atoms with Crippen LogP contribution in [-0.4, -0.2) is 89.6 Å². The first-order chi connectivity index (χ1) is 19.9. The molecule has 0 spiro atoms. The van der Waals surface area contributed by atoms with Crippen molar-refractivity contribution in [2.75, 3.05) is 26.4 Å². The summed E-state index contributed by atoms with van der Waals surface area (Å²) in [6.45, 7) is 4.34. The minimum Gasteiger partial charge on any atom is -0.457 e. The van der Waals surface area contributed by atoms with Crippen molar-refractivity contribution in [1.82, 2.24) is 0 Å². The number of unbranched alkanes of at least 4 members (excludes halogenated alkanes) is 13. The van der Waals surface area contributed by atoms with Crippen LogP contribution in [0.4, 0.5) is 0 Å². The smallest absolute Gasteiger partial charge is 0.306 e.